The van der Waals surface area contributed by atoms with Crippen molar-refractivity contribution in [2.24, 2.45) is 0 Å². The molecular weight excluding hydrogens is 238 g/mol. The molecule has 0 bridgehead atoms. The smallest absolute Gasteiger partial charge is 0.187 e. The molecule has 0 radical (unpaired) electrons. The molecule has 2 rings (SSSR count). The van der Waals surface area contributed by atoms with Crippen molar-refractivity contribution in [2.75, 3.05) is 5.73 Å². The van der Waals surface area contributed by atoms with Crippen molar-refractivity contribution in [1.29, 1.82) is 0 Å². The standard InChI is InChI=1S/C11H13N3O2S/c1-8-2-4-9(5-3-8)7-17(15,16)10-6-13-14-11(10)12/h2-6H,7H2,1H3,(H3,12,13,14). The molecule has 6 heteroatoms. The summed E-state index contributed by atoms with van der Waals surface area (Å²) < 4.78 is 24.1. The first-order chi connectivity index (χ1) is 7.99. The molecule has 17 heavy (non-hydrogen) atoms. The van der Waals surface area contributed by atoms with E-state index in [4.69, 9.17) is 5.73 Å². The third-order valence-electron chi connectivity index (χ3n) is 2.44. The molecular formula is C11H13N3O2S. The molecule has 1 heterocycles. The minimum Gasteiger partial charge on any atom is -0.383 e. The van der Waals surface area contributed by atoms with E-state index in [-0.39, 0.29) is 16.5 Å². The molecule has 5 nitrogen and oxygen atoms in total. The van der Waals surface area contributed by atoms with Gasteiger partial charge in [-0.05, 0) is 12.5 Å². The topological polar surface area (TPSA) is 88.8 Å². The minimum absolute atomic E-state index is 0.0538. The molecule has 3 N–H and O–H groups in total. The highest BCUT2D eigenvalue weighted by Crippen LogP contribution is 2.20. The number of anilines is 1. The summed E-state index contributed by atoms with van der Waals surface area (Å²) in [4.78, 5) is 0.0538. The number of sulfone groups is 1. The van der Waals surface area contributed by atoms with Gasteiger partial charge in [0.05, 0.1) is 11.9 Å². The van der Waals surface area contributed by atoms with Gasteiger partial charge in [0.1, 0.15) is 10.7 Å². The third-order valence-corrected chi connectivity index (χ3v) is 4.15. The number of aromatic amines is 1. The van der Waals surface area contributed by atoms with Gasteiger partial charge in [0.25, 0.3) is 0 Å². The zero-order valence-corrected chi connectivity index (χ0v) is 10.2. The predicted molar refractivity (Wildman–Crippen MR) is 65.1 cm³/mol. The van der Waals surface area contributed by atoms with Crippen molar-refractivity contribution < 1.29 is 8.42 Å². The van der Waals surface area contributed by atoms with Crippen LogP contribution < -0.4 is 5.73 Å². The molecule has 2 aromatic rings. The Morgan fingerprint density at radius 1 is 1.29 bits per heavy atom. The number of H-pyrrole nitrogens is 1. The van der Waals surface area contributed by atoms with E-state index in [9.17, 15) is 8.42 Å². The van der Waals surface area contributed by atoms with Gasteiger partial charge in [-0.15, -0.1) is 0 Å². The lowest BCUT2D eigenvalue weighted by atomic mass is 10.2. The Bertz CT molecular complexity index is 614. The van der Waals surface area contributed by atoms with Crippen molar-refractivity contribution in [2.45, 2.75) is 17.6 Å². The maximum Gasteiger partial charge on any atom is 0.187 e. The van der Waals surface area contributed by atoms with E-state index in [1.165, 1.54) is 6.20 Å². The molecule has 0 unspecified atom stereocenters. The van der Waals surface area contributed by atoms with Gasteiger partial charge in [0.2, 0.25) is 0 Å². The van der Waals surface area contributed by atoms with Gasteiger partial charge in [-0.3, -0.25) is 5.10 Å². The molecule has 0 amide bonds. The van der Waals surface area contributed by atoms with Crippen LogP contribution in [0.25, 0.3) is 0 Å². The summed E-state index contributed by atoms with van der Waals surface area (Å²) in [6, 6.07) is 7.35. The summed E-state index contributed by atoms with van der Waals surface area (Å²) in [5.41, 5.74) is 7.33. The molecule has 1 aromatic carbocycles. The molecule has 0 fully saturated rings. The van der Waals surface area contributed by atoms with Crippen LogP contribution in [0.1, 0.15) is 11.1 Å². The number of aryl methyl sites for hydroxylation is 1. The quantitative estimate of drug-likeness (QED) is 0.859. The number of nitrogens with one attached hydrogen (secondary N) is 1. The number of nitrogens with zero attached hydrogens (tertiary/aromatic N) is 1. The highest BCUT2D eigenvalue weighted by atomic mass is 32.2. The number of aromatic nitrogens is 2. The van der Waals surface area contributed by atoms with Gasteiger partial charge in [-0.1, -0.05) is 29.8 Å². The molecule has 0 spiro atoms. The maximum atomic E-state index is 12.0. The Kier molecular flexibility index (Phi) is 2.89. The Morgan fingerprint density at radius 2 is 1.94 bits per heavy atom. The highest BCUT2D eigenvalue weighted by Gasteiger charge is 2.19. The van der Waals surface area contributed by atoms with Crippen LogP contribution in [0.3, 0.4) is 0 Å². The average molecular weight is 251 g/mol. The van der Waals surface area contributed by atoms with E-state index < -0.39 is 9.84 Å². The average Bonchev–Trinajstić information content (AvgIpc) is 2.68. The Labute approximate surface area is 99.6 Å². The molecule has 0 saturated heterocycles. The lowest BCUT2D eigenvalue weighted by Gasteiger charge is -2.03. The Hall–Kier alpha value is -1.82. The first-order valence-corrected chi connectivity index (χ1v) is 6.71. The fourth-order valence-electron chi connectivity index (χ4n) is 1.51. The van der Waals surface area contributed by atoms with Gasteiger partial charge in [0, 0.05) is 0 Å². The molecule has 90 valence electrons. The normalized spacial score (nSPS) is 11.6. The third kappa shape index (κ3) is 2.47. The number of benzene rings is 1. The van der Waals surface area contributed by atoms with E-state index in [1.807, 2.05) is 19.1 Å². The van der Waals surface area contributed by atoms with E-state index in [2.05, 4.69) is 10.2 Å². The monoisotopic (exact) mass is 251 g/mol. The lowest BCUT2D eigenvalue weighted by molar-refractivity contribution is 0.595. The second kappa shape index (κ2) is 4.21. The zero-order valence-electron chi connectivity index (χ0n) is 9.34. The van der Waals surface area contributed by atoms with Crippen molar-refractivity contribution in [3.8, 4) is 0 Å². The van der Waals surface area contributed by atoms with E-state index in [1.54, 1.807) is 12.1 Å². The van der Waals surface area contributed by atoms with Gasteiger partial charge < -0.3 is 5.73 Å². The van der Waals surface area contributed by atoms with E-state index in [0.29, 0.717) is 0 Å². The van der Waals surface area contributed by atoms with Crippen LogP contribution in [0.4, 0.5) is 5.82 Å². The largest absolute Gasteiger partial charge is 0.383 e. The summed E-state index contributed by atoms with van der Waals surface area (Å²) >= 11 is 0. The first kappa shape index (κ1) is 11.7. The lowest BCUT2D eigenvalue weighted by Crippen LogP contribution is -2.06. The summed E-state index contributed by atoms with van der Waals surface area (Å²) in [5.74, 6) is 0.00825. The molecule has 0 atom stereocenters. The van der Waals surface area contributed by atoms with Gasteiger partial charge in [-0.25, -0.2) is 8.42 Å². The van der Waals surface area contributed by atoms with Crippen molar-refractivity contribution >= 4 is 15.7 Å². The number of nitrogens with two attached hydrogens (primary N) is 1. The van der Waals surface area contributed by atoms with Crippen LogP contribution >= 0.6 is 0 Å². The number of nitrogen functional groups attached to an aromatic ring is 1. The van der Waals surface area contributed by atoms with Crippen molar-refractivity contribution in [3.63, 3.8) is 0 Å². The van der Waals surface area contributed by atoms with Crippen LogP contribution in [0.5, 0.6) is 0 Å². The van der Waals surface area contributed by atoms with Crippen LogP contribution in [0.15, 0.2) is 35.4 Å². The van der Waals surface area contributed by atoms with Gasteiger partial charge in [-0.2, -0.15) is 5.10 Å². The second-order valence-electron chi connectivity index (χ2n) is 3.89. The summed E-state index contributed by atoms with van der Waals surface area (Å²) in [7, 11) is -3.43. The number of hydrogen-bond donors (Lipinski definition) is 2. The maximum absolute atomic E-state index is 12.0. The van der Waals surface area contributed by atoms with E-state index >= 15 is 0 Å². The van der Waals surface area contributed by atoms with Gasteiger partial charge >= 0.3 is 0 Å². The molecule has 0 aliphatic heterocycles. The van der Waals surface area contributed by atoms with Crippen LogP contribution in [-0.2, 0) is 15.6 Å². The predicted octanol–water partition coefficient (Wildman–Crippen LogP) is 1.27. The van der Waals surface area contributed by atoms with Gasteiger partial charge in [0.15, 0.2) is 9.84 Å². The van der Waals surface area contributed by atoms with Crippen molar-refractivity contribution in [1.82, 2.24) is 10.2 Å². The molecule has 1 aromatic heterocycles. The summed E-state index contributed by atoms with van der Waals surface area (Å²) in [5, 5.41) is 6.03. The summed E-state index contributed by atoms with van der Waals surface area (Å²) in [6.45, 7) is 1.95. The Morgan fingerprint density at radius 3 is 2.47 bits per heavy atom. The SMILES string of the molecule is Cc1ccc(CS(=O)(=O)c2cn[nH]c2N)cc1. The molecule has 0 aliphatic carbocycles. The van der Waals surface area contributed by atoms with Crippen molar-refractivity contribution in [3.05, 3.63) is 41.6 Å². The van der Waals surface area contributed by atoms with Crippen LogP contribution in [0, 0.1) is 6.92 Å². The minimum atomic E-state index is -3.43. The van der Waals surface area contributed by atoms with Crippen LogP contribution in [0.2, 0.25) is 0 Å². The molecule has 0 saturated carbocycles. The number of rotatable bonds is 3. The van der Waals surface area contributed by atoms with E-state index in [0.717, 1.165) is 11.1 Å². The molecule has 0 aliphatic rings. The highest BCUT2D eigenvalue weighted by molar-refractivity contribution is 7.90. The Balaban J connectivity index is 2.30. The summed E-state index contributed by atoms with van der Waals surface area (Å²) in [6.07, 6.45) is 1.23. The number of hydrogen-bond acceptors (Lipinski definition) is 4. The fraction of sp³-hybridized carbons (Fsp3) is 0.182. The second-order valence-corrected chi connectivity index (χ2v) is 5.85. The zero-order chi connectivity index (χ0) is 12.5. The van der Waals surface area contributed by atoms with Crippen LogP contribution in [-0.4, -0.2) is 18.6 Å². The first-order valence-electron chi connectivity index (χ1n) is 5.06. The fourth-order valence-corrected chi connectivity index (χ4v) is 2.90.